The van der Waals surface area contributed by atoms with Crippen LogP contribution in [0.5, 0.6) is 11.5 Å². The Kier molecular flexibility index (Phi) is 2.75. The molecule has 0 fully saturated rings. The van der Waals surface area contributed by atoms with Crippen molar-refractivity contribution in [1.82, 2.24) is 4.98 Å². The van der Waals surface area contributed by atoms with Gasteiger partial charge in [-0.05, 0) is 23.5 Å². The Hall–Kier alpha value is -2.40. The highest BCUT2D eigenvalue weighted by molar-refractivity contribution is 7.19. The minimum atomic E-state index is -0.00211. The molecule has 4 aromatic rings. The lowest BCUT2D eigenvalue weighted by atomic mass is 9.91. The summed E-state index contributed by atoms with van der Waals surface area (Å²) in [6.07, 6.45) is 3.64. The molecule has 0 aliphatic carbocycles. The molecule has 25 heavy (non-hydrogen) atoms. The van der Waals surface area contributed by atoms with E-state index >= 15 is 0 Å². The number of furan rings is 1. The molecule has 0 saturated carbocycles. The van der Waals surface area contributed by atoms with Gasteiger partial charge >= 0.3 is 0 Å². The van der Waals surface area contributed by atoms with Crippen LogP contribution in [0.2, 0.25) is 0 Å². The molecule has 126 valence electrons. The number of hydrogen-bond acceptors (Lipinski definition) is 4. The van der Waals surface area contributed by atoms with Crippen LogP contribution >= 0.6 is 11.3 Å². The van der Waals surface area contributed by atoms with Crippen molar-refractivity contribution in [3.05, 3.63) is 35.2 Å². The van der Waals surface area contributed by atoms with Crippen molar-refractivity contribution < 1.29 is 13.7 Å². The summed E-state index contributed by atoms with van der Waals surface area (Å²) in [5.74, 6) is 1.81. The van der Waals surface area contributed by atoms with Gasteiger partial charge in [0.15, 0.2) is 11.4 Å². The van der Waals surface area contributed by atoms with Gasteiger partial charge in [-0.1, -0.05) is 32.1 Å². The van der Waals surface area contributed by atoms with E-state index in [1.807, 2.05) is 25.5 Å². The van der Waals surface area contributed by atoms with Gasteiger partial charge in [0.2, 0.25) is 4.83 Å². The van der Waals surface area contributed by atoms with Crippen LogP contribution in [0.3, 0.4) is 0 Å². The second kappa shape index (κ2) is 4.61. The smallest absolute Gasteiger partial charge is 0.288 e. The minimum Gasteiger partial charge on any atom is -0.464 e. The summed E-state index contributed by atoms with van der Waals surface area (Å²) in [5.41, 5.74) is 4.35. The zero-order valence-electron chi connectivity index (χ0n) is 14.9. The molecule has 0 amide bonds. The molecule has 0 atom stereocenters. The average molecular weight is 351 g/mol. The predicted molar refractivity (Wildman–Crippen MR) is 99.5 cm³/mol. The van der Waals surface area contributed by atoms with Crippen molar-refractivity contribution in [2.75, 3.05) is 0 Å². The monoisotopic (exact) mass is 351 g/mol. The number of ether oxygens (including phenoxy) is 1. The molecule has 0 radical (unpaired) electrons. The molecule has 4 nitrogen and oxygen atoms in total. The number of nitrogens with zero attached hydrogens (tertiary/aromatic N) is 2. The van der Waals surface area contributed by atoms with Gasteiger partial charge in [-0.25, -0.2) is 4.57 Å². The van der Waals surface area contributed by atoms with Crippen LogP contribution in [0.25, 0.3) is 32.4 Å². The molecule has 0 unspecified atom stereocenters. The molecule has 0 bridgehead atoms. The van der Waals surface area contributed by atoms with Gasteiger partial charge in [0.1, 0.15) is 16.7 Å². The minimum absolute atomic E-state index is 0.00211. The first-order chi connectivity index (χ1) is 11.9. The lowest BCUT2D eigenvalue weighted by Gasteiger charge is -2.23. The van der Waals surface area contributed by atoms with Crippen molar-refractivity contribution in [2.45, 2.75) is 33.1 Å². The third-order valence-electron chi connectivity index (χ3n) is 4.90. The Morgan fingerprint density at radius 3 is 2.80 bits per heavy atom. The fraction of sp³-hybridized carbons (Fsp3) is 0.300. The first kappa shape index (κ1) is 14.9. The third kappa shape index (κ3) is 1.87. The van der Waals surface area contributed by atoms with E-state index in [9.17, 15) is 0 Å². The normalized spacial score (nSPS) is 13.3. The molecule has 0 N–H and O–H groups in total. The van der Waals surface area contributed by atoms with Crippen LogP contribution in [-0.4, -0.2) is 4.98 Å². The molecule has 0 saturated heterocycles. The van der Waals surface area contributed by atoms with Gasteiger partial charge in [-0.3, -0.25) is 0 Å². The van der Waals surface area contributed by atoms with Gasteiger partial charge in [0.25, 0.3) is 6.33 Å². The van der Waals surface area contributed by atoms with Gasteiger partial charge in [-0.2, -0.15) is 0 Å². The Bertz CT molecular complexity index is 1180. The molecule has 1 aliphatic heterocycles. The van der Waals surface area contributed by atoms with Gasteiger partial charge < -0.3 is 9.15 Å². The average Bonchev–Trinajstić information content (AvgIpc) is 3.15. The third-order valence-corrected chi connectivity index (χ3v) is 6.40. The van der Waals surface area contributed by atoms with E-state index in [-0.39, 0.29) is 5.41 Å². The molecule has 4 heterocycles. The quantitative estimate of drug-likeness (QED) is 0.358. The van der Waals surface area contributed by atoms with Crippen molar-refractivity contribution in [3.63, 3.8) is 0 Å². The number of hydrogen-bond donors (Lipinski definition) is 0. The number of thiophene rings is 1. The van der Waals surface area contributed by atoms with Gasteiger partial charge in [0, 0.05) is 16.9 Å². The Morgan fingerprint density at radius 1 is 1.24 bits per heavy atom. The Labute approximate surface area is 149 Å². The van der Waals surface area contributed by atoms with E-state index < -0.39 is 0 Å². The fourth-order valence-corrected chi connectivity index (χ4v) is 4.84. The van der Waals surface area contributed by atoms with Crippen LogP contribution in [0.4, 0.5) is 0 Å². The number of aryl methyl sites for hydroxylation is 2. The van der Waals surface area contributed by atoms with Crippen molar-refractivity contribution >= 4 is 32.5 Å². The van der Waals surface area contributed by atoms with Gasteiger partial charge in [-0.15, -0.1) is 0 Å². The molecule has 1 aliphatic rings. The summed E-state index contributed by atoms with van der Waals surface area (Å²) in [6.45, 7) is 8.78. The summed E-state index contributed by atoms with van der Waals surface area (Å²) in [6, 6.07) is 4.03. The maximum atomic E-state index is 6.46. The number of fused-ring (bicyclic) bond motifs is 3. The summed E-state index contributed by atoms with van der Waals surface area (Å²) in [7, 11) is 2.05. The standard InChI is InChI=1S/C20H19N2O2S/c1-10-11-6-7-23-12(11)8-13-14(10)16-15-17(24-13)18(20(2,3)4)25-19(15)21-9-22(16)5/h6-9H,1-5H3/q+1. The highest BCUT2D eigenvalue weighted by Gasteiger charge is 2.36. The largest absolute Gasteiger partial charge is 0.464 e. The van der Waals surface area contributed by atoms with Crippen LogP contribution < -0.4 is 9.30 Å². The summed E-state index contributed by atoms with van der Waals surface area (Å²) in [5, 5.41) is 2.25. The Morgan fingerprint density at radius 2 is 2.04 bits per heavy atom. The summed E-state index contributed by atoms with van der Waals surface area (Å²) < 4.78 is 14.2. The van der Waals surface area contributed by atoms with Gasteiger partial charge in [0.05, 0.1) is 23.8 Å². The van der Waals surface area contributed by atoms with E-state index in [1.54, 1.807) is 17.6 Å². The van der Waals surface area contributed by atoms with E-state index in [2.05, 4.69) is 37.2 Å². The molecular formula is C20H19N2O2S+. The number of aromatic nitrogens is 2. The van der Waals surface area contributed by atoms with Crippen molar-refractivity contribution in [1.29, 1.82) is 0 Å². The van der Waals surface area contributed by atoms with Crippen LogP contribution in [-0.2, 0) is 12.5 Å². The lowest BCUT2D eigenvalue weighted by Crippen LogP contribution is -2.32. The van der Waals surface area contributed by atoms with E-state index in [4.69, 9.17) is 9.15 Å². The van der Waals surface area contributed by atoms with E-state index in [0.717, 1.165) is 38.2 Å². The maximum absolute atomic E-state index is 6.46. The second-order valence-electron chi connectivity index (χ2n) is 7.70. The van der Waals surface area contributed by atoms with E-state index in [0.29, 0.717) is 0 Å². The van der Waals surface area contributed by atoms with Crippen LogP contribution in [0, 0.1) is 6.92 Å². The van der Waals surface area contributed by atoms with Crippen LogP contribution in [0.15, 0.2) is 29.1 Å². The van der Waals surface area contributed by atoms with E-state index in [1.165, 1.54) is 16.1 Å². The van der Waals surface area contributed by atoms with Crippen molar-refractivity contribution in [3.8, 4) is 22.8 Å². The van der Waals surface area contributed by atoms with Crippen molar-refractivity contribution in [2.24, 2.45) is 7.05 Å². The zero-order chi connectivity index (χ0) is 17.5. The summed E-state index contributed by atoms with van der Waals surface area (Å²) in [4.78, 5) is 6.92. The second-order valence-corrected chi connectivity index (χ2v) is 8.70. The molecule has 0 spiro atoms. The molecule has 3 aromatic heterocycles. The summed E-state index contributed by atoms with van der Waals surface area (Å²) >= 11 is 1.73. The maximum Gasteiger partial charge on any atom is 0.288 e. The fourth-order valence-electron chi connectivity index (χ4n) is 3.71. The number of rotatable bonds is 0. The molecule has 5 heteroatoms. The highest BCUT2D eigenvalue weighted by atomic mass is 32.1. The topological polar surface area (TPSA) is 39.1 Å². The first-order valence-electron chi connectivity index (χ1n) is 8.37. The molecular weight excluding hydrogens is 332 g/mol. The molecule has 1 aromatic carbocycles. The Balaban J connectivity index is 1.98. The first-order valence-corrected chi connectivity index (χ1v) is 9.18. The molecule has 5 rings (SSSR count). The SMILES string of the molecule is Cc1c2c(cc3occc13)Oc1c(C(C)(C)C)sc3nc[n+](C)c-2c13. The highest BCUT2D eigenvalue weighted by Crippen LogP contribution is 2.54. The lowest BCUT2D eigenvalue weighted by molar-refractivity contribution is -0.662. The number of benzene rings is 1. The zero-order valence-corrected chi connectivity index (χ0v) is 15.7. The van der Waals surface area contributed by atoms with Crippen LogP contribution in [0.1, 0.15) is 31.2 Å². The predicted octanol–water partition coefficient (Wildman–Crippen LogP) is 5.25.